The van der Waals surface area contributed by atoms with Gasteiger partial charge in [-0.2, -0.15) is 0 Å². The lowest BCUT2D eigenvalue weighted by Gasteiger charge is -2.23. The normalized spacial score (nSPS) is 11.3. The predicted octanol–water partition coefficient (Wildman–Crippen LogP) is 2.77. The molecule has 0 radical (unpaired) electrons. The van der Waals surface area contributed by atoms with Crippen LogP contribution < -0.4 is 5.32 Å². The zero-order valence-corrected chi connectivity index (χ0v) is 11.2. The fourth-order valence-corrected chi connectivity index (χ4v) is 1.43. The number of rotatable bonds is 5. The van der Waals surface area contributed by atoms with E-state index in [4.69, 9.17) is 16.3 Å². The molecule has 0 aliphatic rings. The minimum absolute atomic E-state index is 0.242. The molecule has 4 heteroatoms. The Balaban J connectivity index is 2.54. The molecule has 0 aliphatic carbocycles. The average molecular weight is 256 g/mol. The monoisotopic (exact) mass is 255 g/mol. The van der Waals surface area contributed by atoms with Gasteiger partial charge in [-0.05, 0) is 38.5 Å². The standard InChI is InChI=1S/C13H18ClNO2/c1-4-17-12(16)13(2,3)15-9-10-5-7-11(14)8-6-10/h5-8,15H,4,9H2,1-3H3. The van der Waals surface area contributed by atoms with E-state index in [9.17, 15) is 4.79 Å². The third kappa shape index (κ3) is 4.36. The average Bonchev–Trinajstić information content (AvgIpc) is 2.29. The molecular formula is C13H18ClNO2. The molecule has 1 rings (SSSR count). The molecule has 0 saturated heterocycles. The highest BCUT2D eigenvalue weighted by Gasteiger charge is 2.28. The third-order valence-corrected chi connectivity index (χ3v) is 2.69. The number of esters is 1. The van der Waals surface area contributed by atoms with Gasteiger partial charge in [0.1, 0.15) is 5.54 Å². The van der Waals surface area contributed by atoms with E-state index in [1.165, 1.54) is 0 Å². The van der Waals surface area contributed by atoms with Crippen LogP contribution in [0, 0.1) is 0 Å². The second-order valence-electron chi connectivity index (χ2n) is 4.33. The molecule has 1 N–H and O–H groups in total. The molecule has 17 heavy (non-hydrogen) atoms. The first-order valence-corrected chi connectivity index (χ1v) is 6.00. The highest BCUT2D eigenvalue weighted by atomic mass is 35.5. The van der Waals surface area contributed by atoms with E-state index in [0.29, 0.717) is 18.2 Å². The van der Waals surface area contributed by atoms with Gasteiger partial charge in [0.15, 0.2) is 0 Å². The first kappa shape index (κ1) is 14.0. The van der Waals surface area contributed by atoms with Gasteiger partial charge >= 0.3 is 5.97 Å². The van der Waals surface area contributed by atoms with E-state index >= 15 is 0 Å². The molecule has 0 bridgehead atoms. The van der Waals surface area contributed by atoms with E-state index in [1.807, 2.05) is 24.3 Å². The number of hydrogen-bond donors (Lipinski definition) is 1. The van der Waals surface area contributed by atoms with Crippen LogP contribution >= 0.6 is 11.6 Å². The quantitative estimate of drug-likeness (QED) is 0.823. The van der Waals surface area contributed by atoms with Crippen molar-refractivity contribution in [2.24, 2.45) is 0 Å². The zero-order chi connectivity index (χ0) is 12.9. The largest absolute Gasteiger partial charge is 0.465 e. The summed E-state index contributed by atoms with van der Waals surface area (Å²) < 4.78 is 4.99. The van der Waals surface area contributed by atoms with E-state index in [2.05, 4.69) is 5.32 Å². The molecule has 3 nitrogen and oxygen atoms in total. The third-order valence-electron chi connectivity index (χ3n) is 2.43. The molecule has 0 aromatic heterocycles. The van der Waals surface area contributed by atoms with Crippen LogP contribution in [-0.2, 0) is 16.1 Å². The second-order valence-corrected chi connectivity index (χ2v) is 4.76. The Kier molecular flexibility index (Phi) is 4.97. The van der Waals surface area contributed by atoms with Crippen LogP contribution in [0.4, 0.5) is 0 Å². The number of hydrogen-bond acceptors (Lipinski definition) is 3. The number of carbonyl (C=O) groups is 1. The summed E-state index contributed by atoms with van der Waals surface area (Å²) in [4.78, 5) is 11.6. The van der Waals surface area contributed by atoms with E-state index in [-0.39, 0.29) is 5.97 Å². The van der Waals surface area contributed by atoms with Crippen molar-refractivity contribution in [3.8, 4) is 0 Å². The van der Waals surface area contributed by atoms with Crippen LogP contribution in [-0.4, -0.2) is 18.1 Å². The van der Waals surface area contributed by atoms with E-state index in [1.54, 1.807) is 20.8 Å². The Labute approximate surface area is 107 Å². The van der Waals surface area contributed by atoms with Crippen molar-refractivity contribution in [3.63, 3.8) is 0 Å². The van der Waals surface area contributed by atoms with Crippen LogP contribution in [0.3, 0.4) is 0 Å². The second kappa shape index (κ2) is 6.03. The van der Waals surface area contributed by atoms with Crippen molar-refractivity contribution in [2.75, 3.05) is 6.61 Å². The van der Waals surface area contributed by atoms with Gasteiger partial charge in [-0.25, -0.2) is 0 Å². The topological polar surface area (TPSA) is 38.3 Å². The Morgan fingerprint density at radius 1 is 1.35 bits per heavy atom. The van der Waals surface area contributed by atoms with Crippen molar-refractivity contribution in [1.82, 2.24) is 5.32 Å². The molecular weight excluding hydrogens is 238 g/mol. The van der Waals surface area contributed by atoms with Crippen molar-refractivity contribution in [1.29, 1.82) is 0 Å². The van der Waals surface area contributed by atoms with Crippen LogP contribution in [0.2, 0.25) is 5.02 Å². The number of carbonyl (C=O) groups excluding carboxylic acids is 1. The van der Waals surface area contributed by atoms with Crippen LogP contribution in [0.1, 0.15) is 26.3 Å². The fourth-order valence-electron chi connectivity index (χ4n) is 1.31. The molecule has 0 atom stereocenters. The van der Waals surface area contributed by atoms with Crippen LogP contribution in [0.25, 0.3) is 0 Å². The first-order chi connectivity index (χ1) is 7.95. The van der Waals surface area contributed by atoms with Crippen molar-refractivity contribution >= 4 is 17.6 Å². The SMILES string of the molecule is CCOC(=O)C(C)(C)NCc1ccc(Cl)cc1. The minimum Gasteiger partial charge on any atom is -0.465 e. The predicted molar refractivity (Wildman–Crippen MR) is 69.0 cm³/mol. The molecule has 94 valence electrons. The Morgan fingerprint density at radius 2 is 1.94 bits per heavy atom. The summed E-state index contributed by atoms with van der Waals surface area (Å²) in [5, 5.41) is 3.87. The summed E-state index contributed by atoms with van der Waals surface area (Å²) in [6.45, 7) is 6.41. The maximum atomic E-state index is 11.6. The molecule has 0 spiro atoms. The van der Waals surface area contributed by atoms with E-state index < -0.39 is 5.54 Å². The maximum absolute atomic E-state index is 11.6. The van der Waals surface area contributed by atoms with Crippen molar-refractivity contribution in [2.45, 2.75) is 32.9 Å². The van der Waals surface area contributed by atoms with Gasteiger partial charge < -0.3 is 4.74 Å². The van der Waals surface area contributed by atoms with Gasteiger partial charge in [-0.3, -0.25) is 10.1 Å². The van der Waals surface area contributed by atoms with Gasteiger partial charge in [0, 0.05) is 11.6 Å². The van der Waals surface area contributed by atoms with E-state index in [0.717, 1.165) is 5.56 Å². The minimum atomic E-state index is -0.685. The maximum Gasteiger partial charge on any atom is 0.325 e. The lowest BCUT2D eigenvalue weighted by atomic mass is 10.1. The first-order valence-electron chi connectivity index (χ1n) is 5.62. The molecule has 0 saturated carbocycles. The molecule has 0 unspecified atom stereocenters. The fraction of sp³-hybridized carbons (Fsp3) is 0.462. The summed E-state index contributed by atoms with van der Waals surface area (Å²) in [7, 11) is 0. The van der Waals surface area contributed by atoms with Crippen molar-refractivity contribution < 1.29 is 9.53 Å². The molecule has 0 fully saturated rings. The van der Waals surface area contributed by atoms with Gasteiger partial charge in [0.05, 0.1) is 6.61 Å². The lowest BCUT2D eigenvalue weighted by molar-refractivity contribution is -0.149. The number of halogens is 1. The summed E-state index contributed by atoms with van der Waals surface area (Å²) in [5.74, 6) is -0.242. The smallest absolute Gasteiger partial charge is 0.325 e. The van der Waals surface area contributed by atoms with Crippen LogP contribution in [0.5, 0.6) is 0 Å². The molecule has 1 aromatic carbocycles. The van der Waals surface area contributed by atoms with Crippen LogP contribution in [0.15, 0.2) is 24.3 Å². The Bertz CT molecular complexity index is 374. The summed E-state index contributed by atoms with van der Waals surface area (Å²) in [5.41, 5.74) is 0.391. The summed E-state index contributed by atoms with van der Waals surface area (Å²) in [6.07, 6.45) is 0. The Hall–Kier alpha value is -1.06. The molecule has 0 aliphatic heterocycles. The molecule has 1 aromatic rings. The van der Waals surface area contributed by atoms with Gasteiger partial charge in [0.2, 0.25) is 0 Å². The van der Waals surface area contributed by atoms with Gasteiger partial charge in [0.25, 0.3) is 0 Å². The number of ether oxygens (including phenoxy) is 1. The highest BCUT2D eigenvalue weighted by Crippen LogP contribution is 2.11. The van der Waals surface area contributed by atoms with Gasteiger partial charge in [-0.15, -0.1) is 0 Å². The molecule has 0 heterocycles. The molecule has 0 amide bonds. The number of nitrogens with one attached hydrogen (secondary N) is 1. The summed E-state index contributed by atoms with van der Waals surface area (Å²) >= 11 is 5.80. The van der Waals surface area contributed by atoms with Gasteiger partial charge in [-0.1, -0.05) is 23.7 Å². The number of benzene rings is 1. The van der Waals surface area contributed by atoms with Crippen molar-refractivity contribution in [3.05, 3.63) is 34.9 Å². The zero-order valence-electron chi connectivity index (χ0n) is 10.4. The lowest BCUT2D eigenvalue weighted by Crippen LogP contribution is -2.47. The Morgan fingerprint density at radius 3 is 2.47 bits per heavy atom. The highest BCUT2D eigenvalue weighted by molar-refractivity contribution is 6.30. The summed E-state index contributed by atoms with van der Waals surface area (Å²) in [6, 6.07) is 7.51.